The first kappa shape index (κ1) is 20.4. The van der Waals surface area contributed by atoms with Crippen molar-refractivity contribution in [3.05, 3.63) is 57.6 Å². The standard InChI is InChI=1S/C20H21BrN4O2S/c1-13-6-7-22-18(8-13)24-19(26)11-25(2)10-15-12-28-20(23-15)16-9-14(21)4-5-17(16)27-3/h4-9,12H,10-11H2,1-3H3,(H,22,24,26). The smallest absolute Gasteiger partial charge is 0.239 e. The molecule has 8 heteroatoms. The van der Waals surface area contributed by atoms with Crippen molar-refractivity contribution in [3.63, 3.8) is 0 Å². The van der Waals surface area contributed by atoms with Gasteiger partial charge in [0, 0.05) is 22.6 Å². The summed E-state index contributed by atoms with van der Waals surface area (Å²) in [7, 11) is 3.54. The van der Waals surface area contributed by atoms with Crippen LogP contribution >= 0.6 is 27.3 Å². The van der Waals surface area contributed by atoms with Crippen molar-refractivity contribution in [3.8, 4) is 16.3 Å². The number of pyridine rings is 1. The highest BCUT2D eigenvalue weighted by molar-refractivity contribution is 9.10. The first-order valence-electron chi connectivity index (χ1n) is 8.64. The van der Waals surface area contributed by atoms with E-state index in [1.165, 1.54) is 0 Å². The molecule has 2 aromatic heterocycles. The summed E-state index contributed by atoms with van der Waals surface area (Å²) in [6, 6.07) is 9.58. The molecule has 0 unspecified atom stereocenters. The van der Waals surface area contributed by atoms with Crippen molar-refractivity contribution in [2.24, 2.45) is 0 Å². The number of benzene rings is 1. The summed E-state index contributed by atoms with van der Waals surface area (Å²) in [6.07, 6.45) is 1.68. The van der Waals surface area contributed by atoms with Gasteiger partial charge in [0.2, 0.25) is 5.91 Å². The number of aryl methyl sites for hydroxylation is 1. The fourth-order valence-electron chi connectivity index (χ4n) is 2.72. The molecule has 0 aliphatic rings. The lowest BCUT2D eigenvalue weighted by atomic mass is 10.2. The number of methoxy groups -OCH3 is 1. The van der Waals surface area contributed by atoms with E-state index in [0.29, 0.717) is 12.4 Å². The maximum atomic E-state index is 12.2. The van der Waals surface area contributed by atoms with Crippen LogP contribution in [0.4, 0.5) is 5.82 Å². The Hall–Kier alpha value is -2.29. The molecule has 0 bridgehead atoms. The second-order valence-electron chi connectivity index (χ2n) is 6.43. The number of nitrogens with one attached hydrogen (secondary N) is 1. The van der Waals surface area contributed by atoms with E-state index >= 15 is 0 Å². The number of hydrogen-bond acceptors (Lipinski definition) is 6. The Kier molecular flexibility index (Phi) is 6.77. The van der Waals surface area contributed by atoms with Gasteiger partial charge in [-0.25, -0.2) is 9.97 Å². The van der Waals surface area contributed by atoms with Crippen molar-refractivity contribution in [2.45, 2.75) is 13.5 Å². The second-order valence-corrected chi connectivity index (χ2v) is 8.20. The summed E-state index contributed by atoms with van der Waals surface area (Å²) in [5, 5.41) is 5.71. The molecule has 0 radical (unpaired) electrons. The van der Waals surface area contributed by atoms with E-state index in [4.69, 9.17) is 9.72 Å². The maximum absolute atomic E-state index is 12.2. The van der Waals surface area contributed by atoms with Crippen molar-refractivity contribution in [1.82, 2.24) is 14.9 Å². The van der Waals surface area contributed by atoms with Crippen LogP contribution < -0.4 is 10.1 Å². The number of carbonyl (C=O) groups excluding carboxylic acids is 1. The van der Waals surface area contributed by atoms with Crippen LogP contribution in [-0.2, 0) is 11.3 Å². The molecule has 28 heavy (non-hydrogen) atoms. The molecule has 146 valence electrons. The number of anilines is 1. The van der Waals surface area contributed by atoms with E-state index in [-0.39, 0.29) is 12.5 Å². The minimum Gasteiger partial charge on any atom is -0.496 e. The van der Waals surface area contributed by atoms with Crippen molar-refractivity contribution in [2.75, 3.05) is 26.0 Å². The predicted molar refractivity (Wildman–Crippen MR) is 116 cm³/mol. The topological polar surface area (TPSA) is 67.3 Å². The monoisotopic (exact) mass is 460 g/mol. The van der Waals surface area contributed by atoms with Gasteiger partial charge < -0.3 is 10.1 Å². The Balaban J connectivity index is 1.62. The number of nitrogens with zero attached hydrogens (tertiary/aromatic N) is 3. The van der Waals surface area contributed by atoms with E-state index < -0.39 is 0 Å². The average molecular weight is 461 g/mol. The molecule has 3 aromatic rings. The fourth-order valence-corrected chi connectivity index (χ4v) is 3.91. The van der Waals surface area contributed by atoms with Crippen molar-refractivity contribution in [1.29, 1.82) is 0 Å². The van der Waals surface area contributed by atoms with Crippen LogP contribution in [0.5, 0.6) is 5.75 Å². The van der Waals surface area contributed by atoms with Gasteiger partial charge in [0.1, 0.15) is 16.6 Å². The first-order chi connectivity index (χ1) is 13.4. The quantitative estimate of drug-likeness (QED) is 0.567. The fraction of sp³-hybridized carbons (Fsp3) is 0.250. The summed E-state index contributed by atoms with van der Waals surface area (Å²) >= 11 is 5.05. The van der Waals surface area contributed by atoms with Crippen LogP contribution in [-0.4, -0.2) is 41.5 Å². The predicted octanol–water partition coefficient (Wildman–Crippen LogP) is 4.36. The zero-order chi connectivity index (χ0) is 20.1. The summed E-state index contributed by atoms with van der Waals surface area (Å²) in [5.41, 5.74) is 2.90. The van der Waals surface area contributed by atoms with E-state index in [1.807, 2.05) is 54.6 Å². The number of carbonyl (C=O) groups is 1. The van der Waals surface area contributed by atoms with Gasteiger partial charge in [-0.15, -0.1) is 11.3 Å². The first-order valence-corrected chi connectivity index (χ1v) is 10.3. The van der Waals surface area contributed by atoms with Crippen LogP contribution in [0, 0.1) is 6.92 Å². The number of likely N-dealkylation sites (N-methyl/N-ethyl adjacent to an activating group) is 1. The number of aromatic nitrogens is 2. The molecule has 0 atom stereocenters. The summed E-state index contributed by atoms with van der Waals surface area (Å²) < 4.78 is 6.41. The molecule has 0 spiro atoms. The number of amides is 1. The van der Waals surface area contributed by atoms with E-state index in [0.717, 1.165) is 32.1 Å². The average Bonchev–Trinajstić information content (AvgIpc) is 3.09. The lowest BCUT2D eigenvalue weighted by molar-refractivity contribution is -0.117. The van der Waals surface area contributed by atoms with Gasteiger partial charge in [-0.2, -0.15) is 0 Å². The zero-order valence-corrected chi connectivity index (χ0v) is 18.3. The summed E-state index contributed by atoms with van der Waals surface area (Å²) in [6.45, 7) is 2.79. The molecule has 0 saturated heterocycles. The number of hydrogen-bond donors (Lipinski definition) is 1. The highest BCUT2D eigenvalue weighted by Gasteiger charge is 2.14. The SMILES string of the molecule is COc1ccc(Br)cc1-c1nc(CN(C)CC(=O)Nc2cc(C)ccn2)cs1. The number of rotatable bonds is 7. The van der Waals surface area contributed by atoms with Crippen molar-refractivity contribution < 1.29 is 9.53 Å². The van der Waals surface area contributed by atoms with Crippen LogP contribution in [0.15, 0.2) is 46.4 Å². The molecule has 1 N–H and O–H groups in total. The van der Waals surface area contributed by atoms with E-state index in [2.05, 4.69) is 26.2 Å². The van der Waals surface area contributed by atoms with Crippen LogP contribution in [0.2, 0.25) is 0 Å². The van der Waals surface area contributed by atoms with Gasteiger partial charge in [-0.1, -0.05) is 15.9 Å². The molecule has 0 aliphatic carbocycles. The minimum absolute atomic E-state index is 0.107. The van der Waals surface area contributed by atoms with E-state index in [9.17, 15) is 4.79 Å². The molecule has 1 amide bonds. The lowest BCUT2D eigenvalue weighted by Crippen LogP contribution is -2.30. The number of halogens is 1. The third kappa shape index (κ3) is 5.37. The van der Waals surface area contributed by atoms with Gasteiger partial charge in [-0.3, -0.25) is 9.69 Å². The Morgan fingerprint density at radius 1 is 1.32 bits per heavy atom. The molecule has 1 aromatic carbocycles. The maximum Gasteiger partial charge on any atom is 0.239 e. The summed E-state index contributed by atoms with van der Waals surface area (Å²) in [5.74, 6) is 1.24. The number of ether oxygens (including phenoxy) is 1. The second kappa shape index (κ2) is 9.27. The highest BCUT2D eigenvalue weighted by atomic mass is 79.9. The molecule has 2 heterocycles. The Morgan fingerprint density at radius 2 is 2.14 bits per heavy atom. The van der Waals surface area contributed by atoms with Gasteiger partial charge in [0.05, 0.1) is 24.9 Å². The van der Waals surface area contributed by atoms with Crippen LogP contribution in [0.25, 0.3) is 10.6 Å². The van der Waals surface area contributed by atoms with Gasteiger partial charge >= 0.3 is 0 Å². The normalized spacial score (nSPS) is 10.9. The molecule has 0 fully saturated rings. The third-order valence-corrected chi connectivity index (χ3v) is 5.39. The lowest BCUT2D eigenvalue weighted by Gasteiger charge is -2.14. The highest BCUT2D eigenvalue weighted by Crippen LogP contribution is 2.34. The van der Waals surface area contributed by atoms with Gasteiger partial charge in [0.25, 0.3) is 0 Å². The third-order valence-electron chi connectivity index (χ3n) is 3.97. The molecule has 3 rings (SSSR count). The largest absolute Gasteiger partial charge is 0.496 e. The minimum atomic E-state index is -0.107. The van der Waals surface area contributed by atoms with Crippen LogP contribution in [0.1, 0.15) is 11.3 Å². The molecular weight excluding hydrogens is 440 g/mol. The number of thiazole rings is 1. The summed E-state index contributed by atoms with van der Waals surface area (Å²) in [4.78, 5) is 23.0. The van der Waals surface area contributed by atoms with Gasteiger partial charge in [0.15, 0.2) is 0 Å². The Bertz CT molecular complexity index is 976. The molecular formula is C20H21BrN4O2S. The molecule has 0 aliphatic heterocycles. The van der Waals surface area contributed by atoms with Crippen molar-refractivity contribution >= 4 is 39.0 Å². The van der Waals surface area contributed by atoms with Gasteiger partial charge in [-0.05, 0) is 49.9 Å². The molecule has 0 saturated carbocycles. The van der Waals surface area contributed by atoms with E-state index in [1.54, 1.807) is 24.6 Å². The zero-order valence-electron chi connectivity index (χ0n) is 15.9. The molecule has 6 nitrogen and oxygen atoms in total. The Morgan fingerprint density at radius 3 is 2.89 bits per heavy atom. The van der Waals surface area contributed by atoms with Crippen LogP contribution in [0.3, 0.4) is 0 Å². The Labute approximate surface area is 176 Å².